The fourth-order valence-electron chi connectivity index (χ4n) is 2.38. The van der Waals surface area contributed by atoms with Gasteiger partial charge < -0.3 is 21.1 Å². The van der Waals surface area contributed by atoms with Crippen molar-refractivity contribution in [2.24, 2.45) is 0 Å². The third kappa shape index (κ3) is 2.29. The zero-order valence-corrected chi connectivity index (χ0v) is 10.6. The van der Waals surface area contributed by atoms with Crippen LogP contribution in [0.1, 0.15) is 29.8 Å². The van der Waals surface area contributed by atoms with E-state index in [0.717, 1.165) is 30.2 Å². The van der Waals surface area contributed by atoms with Gasteiger partial charge >= 0.3 is 0 Å². The Labute approximate surface area is 110 Å². The highest BCUT2D eigenvalue weighted by molar-refractivity contribution is 5.98. The smallest absolute Gasteiger partial charge is 0.267 e. The number of hydrogen-bond donors (Lipinski definition) is 4. The number of nitrogen functional groups attached to an aromatic ring is 1. The van der Waals surface area contributed by atoms with E-state index in [-0.39, 0.29) is 5.91 Å². The molecule has 1 aromatic carbocycles. The van der Waals surface area contributed by atoms with Gasteiger partial charge in [-0.1, -0.05) is 0 Å². The first-order chi connectivity index (χ1) is 9.06. The summed E-state index contributed by atoms with van der Waals surface area (Å²) < 4.78 is 0. The molecule has 1 fully saturated rings. The van der Waals surface area contributed by atoms with Gasteiger partial charge in [0.15, 0.2) is 0 Å². The maximum Gasteiger partial charge on any atom is 0.267 e. The largest absolute Gasteiger partial charge is 0.399 e. The van der Waals surface area contributed by atoms with Crippen LogP contribution in [0.15, 0.2) is 24.3 Å². The Morgan fingerprint density at radius 1 is 1.42 bits per heavy atom. The predicted octanol–water partition coefficient (Wildman–Crippen LogP) is 1.39. The number of H-pyrrole nitrogens is 1. The summed E-state index contributed by atoms with van der Waals surface area (Å²) in [6.07, 6.45) is 2.55. The molecule has 1 saturated carbocycles. The Bertz CT molecular complexity index is 629. The SMILES string of the molecule is Nc1ccc2[nH]c(C(=O)NCC3(O)CCC3)cc2c1. The zero-order valence-electron chi connectivity index (χ0n) is 10.6. The number of nitrogens with one attached hydrogen (secondary N) is 2. The number of carbonyl (C=O) groups excluding carboxylic acids is 1. The summed E-state index contributed by atoms with van der Waals surface area (Å²) >= 11 is 0. The summed E-state index contributed by atoms with van der Waals surface area (Å²) in [5.74, 6) is -0.199. The van der Waals surface area contributed by atoms with Gasteiger partial charge in [0.2, 0.25) is 0 Å². The monoisotopic (exact) mass is 259 g/mol. The van der Waals surface area contributed by atoms with E-state index in [1.165, 1.54) is 0 Å². The van der Waals surface area contributed by atoms with Gasteiger partial charge in [0.1, 0.15) is 5.69 Å². The molecule has 0 bridgehead atoms. The van der Waals surface area contributed by atoms with Crippen LogP contribution >= 0.6 is 0 Å². The predicted molar refractivity (Wildman–Crippen MR) is 73.8 cm³/mol. The molecule has 100 valence electrons. The van der Waals surface area contributed by atoms with Gasteiger partial charge in [-0.15, -0.1) is 0 Å². The van der Waals surface area contributed by atoms with Gasteiger partial charge in [0.25, 0.3) is 5.91 Å². The molecule has 1 heterocycles. The molecular formula is C14H17N3O2. The molecule has 5 N–H and O–H groups in total. The number of fused-ring (bicyclic) bond motifs is 1. The highest BCUT2D eigenvalue weighted by Gasteiger charge is 2.34. The molecule has 0 spiro atoms. The normalized spacial score (nSPS) is 17.1. The number of aromatic nitrogens is 1. The minimum absolute atomic E-state index is 0.199. The van der Waals surface area contributed by atoms with Crippen LogP contribution in [0, 0.1) is 0 Å². The maximum atomic E-state index is 12.0. The maximum absolute atomic E-state index is 12.0. The number of aromatic amines is 1. The number of anilines is 1. The fourth-order valence-corrected chi connectivity index (χ4v) is 2.38. The van der Waals surface area contributed by atoms with Crippen molar-refractivity contribution in [1.29, 1.82) is 0 Å². The third-order valence-corrected chi connectivity index (χ3v) is 3.75. The van der Waals surface area contributed by atoms with Crippen LogP contribution in [0.5, 0.6) is 0 Å². The van der Waals surface area contributed by atoms with Crippen LogP contribution in [0.2, 0.25) is 0 Å². The molecule has 5 nitrogen and oxygen atoms in total. The van der Waals surface area contributed by atoms with Gasteiger partial charge in [0, 0.05) is 23.1 Å². The van der Waals surface area contributed by atoms with Crippen LogP contribution in [0.4, 0.5) is 5.69 Å². The average Bonchev–Trinajstić information content (AvgIpc) is 2.76. The van der Waals surface area contributed by atoms with E-state index in [9.17, 15) is 9.90 Å². The van der Waals surface area contributed by atoms with Crippen molar-refractivity contribution in [2.75, 3.05) is 12.3 Å². The van der Waals surface area contributed by atoms with Gasteiger partial charge in [-0.05, 0) is 43.5 Å². The molecule has 1 aromatic heterocycles. The zero-order chi connectivity index (χ0) is 13.5. The highest BCUT2D eigenvalue weighted by atomic mass is 16.3. The number of benzene rings is 1. The summed E-state index contributed by atoms with van der Waals surface area (Å²) in [7, 11) is 0. The van der Waals surface area contributed by atoms with Crippen LogP contribution in [0.3, 0.4) is 0 Å². The third-order valence-electron chi connectivity index (χ3n) is 3.75. The number of nitrogens with two attached hydrogens (primary N) is 1. The molecule has 0 radical (unpaired) electrons. The minimum Gasteiger partial charge on any atom is -0.399 e. The Morgan fingerprint density at radius 3 is 2.89 bits per heavy atom. The lowest BCUT2D eigenvalue weighted by Gasteiger charge is -2.36. The van der Waals surface area contributed by atoms with Crippen LogP contribution < -0.4 is 11.1 Å². The molecule has 2 aromatic rings. The van der Waals surface area contributed by atoms with Gasteiger partial charge in [0.05, 0.1) is 5.60 Å². The first-order valence-electron chi connectivity index (χ1n) is 6.45. The van der Waals surface area contributed by atoms with Crippen molar-refractivity contribution in [1.82, 2.24) is 10.3 Å². The number of carbonyl (C=O) groups is 1. The van der Waals surface area contributed by atoms with E-state index in [4.69, 9.17) is 5.73 Å². The second-order valence-electron chi connectivity index (χ2n) is 5.29. The molecule has 3 rings (SSSR count). The number of rotatable bonds is 3. The van der Waals surface area contributed by atoms with E-state index in [1.807, 2.05) is 12.1 Å². The summed E-state index contributed by atoms with van der Waals surface area (Å²) in [6.45, 7) is 0.309. The van der Waals surface area contributed by atoms with E-state index < -0.39 is 5.60 Å². The van der Waals surface area contributed by atoms with Gasteiger partial charge in [-0.25, -0.2) is 0 Å². The lowest BCUT2D eigenvalue weighted by molar-refractivity contribution is -0.0300. The Kier molecular flexibility index (Phi) is 2.71. The Hall–Kier alpha value is -2.01. The van der Waals surface area contributed by atoms with Crippen molar-refractivity contribution in [3.8, 4) is 0 Å². The van der Waals surface area contributed by atoms with E-state index in [2.05, 4.69) is 10.3 Å². The standard InChI is InChI=1S/C14H17N3O2/c15-10-2-3-11-9(6-10)7-12(17-11)13(18)16-8-14(19)4-1-5-14/h2-3,6-7,17,19H,1,4-5,8,15H2,(H,16,18). The Morgan fingerprint density at radius 2 is 2.21 bits per heavy atom. The second kappa shape index (κ2) is 4.28. The molecule has 1 aliphatic carbocycles. The van der Waals surface area contributed by atoms with Crippen molar-refractivity contribution < 1.29 is 9.90 Å². The number of amides is 1. The van der Waals surface area contributed by atoms with Crippen LogP contribution in [0.25, 0.3) is 10.9 Å². The topological polar surface area (TPSA) is 91.1 Å². The van der Waals surface area contributed by atoms with Gasteiger partial charge in [-0.2, -0.15) is 0 Å². The molecule has 19 heavy (non-hydrogen) atoms. The quantitative estimate of drug-likeness (QED) is 0.628. The minimum atomic E-state index is -0.702. The van der Waals surface area contributed by atoms with Crippen molar-refractivity contribution in [3.63, 3.8) is 0 Å². The summed E-state index contributed by atoms with van der Waals surface area (Å²) in [4.78, 5) is 15.0. The van der Waals surface area contributed by atoms with E-state index in [1.54, 1.807) is 12.1 Å². The molecule has 5 heteroatoms. The van der Waals surface area contributed by atoms with Crippen LogP contribution in [-0.2, 0) is 0 Å². The van der Waals surface area contributed by atoms with Crippen molar-refractivity contribution in [2.45, 2.75) is 24.9 Å². The molecule has 0 saturated heterocycles. The van der Waals surface area contributed by atoms with Crippen molar-refractivity contribution in [3.05, 3.63) is 30.0 Å². The molecular weight excluding hydrogens is 242 g/mol. The summed E-state index contributed by atoms with van der Waals surface area (Å²) in [5, 5.41) is 13.6. The van der Waals surface area contributed by atoms with Crippen LogP contribution in [-0.4, -0.2) is 28.1 Å². The summed E-state index contributed by atoms with van der Waals surface area (Å²) in [6, 6.07) is 7.23. The molecule has 0 atom stereocenters. The first kappa shape index (κ1) is 12.0. The Balaban J connectivity index is 1.74. The van der Waals surface area contributed by atoms with Crippen molar-refractivity contribution >= 4 is 22.5 Å². The summed E-state index contributed by atoms with van der Waals surface area (Å²) in [5.41, 5.74) is 7.04. The molecule has 0 aliphatic heterocycles. The molecule has 1 aliphatic rings. The average molecular weight is 259 g/mol. The second-order valence-corrected chi connectivity index (χ2v) is 5.29. The number of hydrogen-bond acceptors (Lipinski definition) is 3. The highest BCUT2D eigenvalue weighted by Crippen LogP contribution is 2.30. The van der Waals surface area contributed by atoms with E-state index in [0.29, 0.717) is 17.9 Å². The lowest BCUT2D eigenvalue weighted by Crippen LogP contribution is -2.47. The first-order valence-corrected chi connectivity index (χ1v) is 6.45. The molecule has 0 unspecified atom stereocenters. The van der Waals surface area contributed by atoms with Gasteiger partial charge in [-0.3, -0.25) is 4.79 Å². The van der Waals surface area contributed by atoms with E-state index >= 15 is 0 Å². The number of aliphatic hydroxyl groups is 1. The molecule has 1 amide bonds. The fraction of sp³-hybridized carbons (Fsp3) is 0.357. The lowest BCUT2D eigenvalue weighted by atomic mass is 9.80.